The van der Waals surface area contributed by atoms with Gasteiger partial charge in [0.1, 0.15) is 0 Å². The van der Waals surface area contributed by atoms with E-state index in [-0.39, 0.29) is 5.91 Å². The van der Waals surface area contributed by atoms with Crippen molar-refractivity contribution in [3.63, 3.8) is 0 Å². The number of rotatable bonds is 7. The van der Waals surface area contributed by atoms with Crippen LogP contribution >= 0.6 is 0 Å². The summed E-state index contributed by atoms with van der Waals surface area (Å²) in [6.45, 7) is 4.02. The van der Waals surface area contributed by atoms with E-state index in [1.54, 1.807) is 12.5 Å². The summed E-state index contributed by atoms with van der Waals surface area (Å²) in [6.07, 6.45) is 6.47. The van der Waals surface area contributed by atoms with Gasteiger partial charge in [-0.25, -0.2) is 4.98 Å². The van der Waals surface area contributed by atoms with Crippen LogP contribution in [0.2, 0.25) is 0 Å². The van der Waals surface area contributed by atoms with Gasteiger partial charge in [0.15, 0.2) is 0 Å². The molecule has 5 nitrogen and oxygen atoms in total. The first-order valence-electron chi connectivity index (χ1n) is 6.83. The molecule has 2 N–H and O–H groups in total. The molecule has 0 saturated carbocycles. The Hall–Kier alpha value is -2.14. The molecular weight excluding hydrogens is 252 g/mol. The monoisotopic (exact) mass is 272 g/mol. The summed E-state index contributed by atoms with van der Waals surface area (Å²) in [5, 5.41) is 5.98. The Morgan fingerprint density at radius 1 is 1.40 bits per heavy atom. The average Bonchev–Trinajstić information content (AvgIpc) is 2.92. The van der Waals surface area contributed by atoms with E-state index < -0.39 is 0 Å². The lowest BCUT2D eigenvalue weighted by atomic mass is 10.2. The standard InChI is InChI=1S/C15H20N4O/c1-2-6-16-10-15(20)18-14-5-3-4-13(9-14)11-19-8-7-17-12-19/h3-5,7-9,12,16H,2,6,10-11H2,1H3,(H,18,20). The third-order valence-corrected chi connectivity index (χ3v) is 2.85. The smallest absolute Gasteiger partial charge is 0.238 e. The van der Waals surface area contributed by atoms with Gasteiger partial charge in [-0.15, -0.1) is 0 Å². The van der Waals surface area contributed by atoms with E-state index in [1.165, 1.54) is 0 Å². The zero-order valence-corrected chi connectivity index (χ0v) is 11.7. The van der Waals surface area contributed by atoms with Crippen molar-refractivity contribution < 1.29 is 4.79 Å². The summed E-state index contributed by atoms with van der Waals surface area (Å²) in [6, 6.07) is 7.86. The lowest BCUT2D eigenvalue weighted by molar-refractivity contribution is -0.115. The molecule has 0 saturated heterocycles. The minimum atomic E-state index is -0.0155. The zero-order valence-electron chi connectivity index (χ0n) is 11.7. The topological polar surface area (TPSA) is 59.0 Å². The van der Waals surface area contributed by atoms with Gasteiger partial charge in [0.05, 0.1) is 12.9 Å². The molecule has 0 aliphatic heterocycles. The molecule has 0 fully saturated rings. The highest BCUT2D eigenvalue weighted by molar-refractivity contribution is 5.92. The Bertz CT molecular complexity index is 537. The van der Waals surface area contributed by atoms with E-state index in [4.69, 9.17) is 0 Å². The molecule has 1 aromatic carbocycles. The Morgan fingerprint density at radius 3 is 3.05 bits per heavy atom. The summed E-state index contributed by atoms with van der Waals surface area (Å²) in [5.74, 6) is -0.0155. The van der Waals surface area contributed by atoms with Gasteiger partial charge in [0.25, 0.3) is 0 Å². The second kappa shape index (κ2) is 7.45. The normalized spacial score (nSPS) is 10.4. The fraction of sp³-hybridized carbons (Fsp3) is 0.333. The van der Waals surface area contributed by atoms with E-state index in [1.807, 2.05) is 35.0 Å². The molecule has 106 valence electrons. The van der Waals surface area contributed by atoms with Gasteiger partial charge in [-0.05, 0) is 30.7 Å². The summed E-state index contributed by atoms with van der Waals surface area (Å²) in [5.41, 5.74) is 1.95. The van der Waals surface area contributed by atoms with Crippen LogP contribution in [0.5, 0.6) is 0 Å². The van der Waals surface area contributed by atoms with Crippen molar-refractivity contribution in [3.8, 4) is 0 Å². The van der Waals surface area contributed by atoms with Gasteiger partial charge >= 0.3 is 0 Å². The maximum atomic E-state index is 11.7. The van der Waals surface area contributed by atoms with Crippen LogP contribution in [-0.2, 0) is 11.3 Å². The van der Waals surface area contributed by atoms with Crippen LogP contribution in [0.25, 0.3) is 0 Å². The molecule has 0 spiro atoms. The van der Waals surface area contributed by atoms with Gasteiger partial charge in [0, 0.05) is 24.6 Å². The number of hydrogen-bond donors (Lipinski definition) is 2. The van der Waals surface area contributed by atoms with E-state index in [9.17, 15) is 4.79 Å². The van der Waals surface area contributed by atoms with Gasteiger partial charge < -0.3 is 15.2 Å². The lowest BCUT2D eigenvalue weighted by Crippen LogP contribution is -2.28. The van der Waals surface area contributed by atoms with Gasteiger partial charge in [0.2, 0.25) is 5.91 Å². The van der Waals surface area contributed by atoms with Crippen molar-refractivity contribution in [1.29, 1.82) is 0 Å². The Labute approximate surface area is 119 Å². The van der Waals surface area contributed by atoms with Crippen LogP contribution in [0, 0.1) is 0 Å². The maximum Gasteiger partial charge on any atom is 0.238 e. The second-order valence-electron chi connectivity index (χ2n) is 4.66. The number of nitrogens with zero attached hydrogens (tertiary/aromatic N) is 2. The fourth-order valence-corrected chi connectivity index (χ4v) is 1.92. The Morgan fingerprint density at radius 2 is 2.30 bits per heavy atom. The largest absolute Gasteiger partial charge is 0.333 e. The molecule has 1 aromatic heterocycles. The van der Waals surface area contributed by atoms with Crippen LogP contribution in [-0.4, -0.2) is 28.5 Å². The molecule has 0 bridgehead atoms. The third-order valence-electron chi connectivity index (χ3n) is 2.85. The van der Waals surface area contributed by atoms with E-state index in [2.05, 4.69) is 22.5 Å². The molecule has 2 rings (SSSR count). The van der Waals surface area contributed by atoms with E-state index in [0.717, 1.165) is 30.8 Å². The Kier molecular flexibility index (Phi) is 5.32. The number of nitrogens with one attached hydrogen (secondary N) is 2. The average molecular weight is 272 g/mol. The summed E-state index contributed by atoms with van der Waals surface area (Å²) in [7, 11) is 0. The van der Waals surface area contributed by atoms with Gasteiger partial charge in [-0.2, -0.15) is 0 Å². The number of benzene rings is 1. The SMILES string of the molecule is CCCNCC(=O)Nc1cccc(Cn2ccnc2)c1. The first-order valence-corrected chi connectivity index (χ1v) is 6.83. The molecule has 20 heavy (non-hydrogen) atoms. The fourth-order valence-electron chi connectivity index (χ4n) is 1.92. The van der Waals surface area contributed by atoms with Crippen molar-refractivity contribution in [2.24, 2.45) is 0 Å². The summed E-state index contributed by atoms with van der Waals surface area (Å²) in [4.78, 5) is 15.7. The molecule has 0 atom stereocenters. The molecule has 0 aliphatic carbocycles. The zero-order chi connectivity index (χ0) is 14.2. The van der Waals surface area contributed by atoms with E-state index >= 15 is 0 Å². The van der Waals surface area contributed by atoms with Crippen molar-refractivity contribution in [1.82, 2.24) is 14.9 Å². The van der Waals surface area contributed by atoms with Crippen LogP contribution in [0.1, 0.15) is 18.9 Å². The highest BCUT2D eigenvalue weighted by Gasteiger charge is 2.02. The minimum Gasteiger partial charge on any atom is -0.333 e. The number of carbonyl (C=O) groups is 1. The van der Waals surface area contributed by atoms with Crippen LogP contribution in [0.4, 0.5) is 5.69 Å². The molecule has 1 heterocycles. The summed E-state index contributed by atoms with van der Waals surface area (Å²) < 4.78 is 1.99. The highest BCUT2D eigenvalue weighted by atomic mass is 16.1. The van der Waals surface area contributed by atoms with Crippen molar-refractivity contribution in [3.05, 3.63) is 48.5 Å². The molecule has 5 heteroatoms. The number of imidazole rings is 1. The van der Waals surface area contributed by atoms with E-state index in [0.29, 0.717) is 6.54 Å². The quantitative estimate of drug-likeness (QED) is 0.756. The maximum absolute atomic E-state index is 11.7. The number of carbonyl (C=O) groups excluding carboxylic acids is 1. The van der Waals surface area contributed by atoms with Crippen molar-refractivity contribution in [2.75, 3.05) is 18.4 Å². The number of anilines is 1. The molecule has 2 aromatic rings. The molecule has 0 radical (unpaired) electrons. The lowest BCUT2D eigenvalue weighted by Gasteiger charge is -2.08. The first kappa shape index (κ1) is 14.3. The first-order chi connectivity index (χ1) is 9.78. The van der Waals surface area contributed by atoms with Crippen molar-refractivity contribution in [2.45, 2.75) is 19.9 Å². The molecule has 1 amide bonds. The highest BCUT2D eigenvalue weighted by Crippen LogP contribution is 2.11. The molecule has 0 unspecified atom stereocenters. The number of hydrogen-bond acceptors (Lipinski definition) is 3. The minimum absolute atomic E-state index is 0.0155. The van der Waals surface area contributed by atoms with Gasteiger partial charge in [-0.1, -0.05) is 19.1 Å². The van der Waals surface area contributed by atoms with Crippen LogP contribution in [0.3, 0.4) is 0 Å². The molecule has 0 aliphatic rings. The third kappa shape index (κ3) is 4.51. The van der Waals surface area contributed by atoms with Crippen LogP contribution < -0.4 is 10.6 Å². The number of aromatic nitrogens is 2. The van der Waals surface area contributed by atoms with Gasteiger partial charge in [-0.3, -0.25) is 4.79 Å². The number of amides is 1. The van der Waals surface area contributed by atoms with Crippen LogP contribution in [0.15, 0.2) is 43.0 Å². The predicted molar refractivity (Wildman–Crippen MR) is 79.6 cm³/mol. The predicted octanol–water partition coefficient (Wildman–Crippen LogP) is 1.87. The Balaban J connectivity index is 1.90. The molecular formula is C15H20N4O. The van der Waals surface area contributed by atoms with Crippen molar-refractivity contribution >= 4 is 11.6 Å². The second-order valence-corrected chi connectivity index (χ2v) is 4.66. The summed E-state index contributed by atoms with van der Waals surface area (Å²) >= 11 is 0.